The number of nitro benzene ring substituents is 1. The van der Waals surface area contributed by atoms with Crippen LogP contribution in [0.15, 0.2) is 23.1 Å². The highest BCUT2D eigenvalue weighted by atomic mass is 32.2. The first-order valence-corrected chi connectivity index (χ1v) is 11.6. The molecular weight excluding hydrogens is 412 g/mol. The molecule has 1 aromatic carbocycles. The van der Waals surface area contributed by atoms with Gasteiger partial charge in [-0.15, -0.1) is 0 Å². The lowest BCUT2D eigenvalue weighted by atomic mass is 9.69. The lowest BCUT2D eigenvalue weighted by Crippen LogP contribution is -2.48. The number of ether oxygens (including phenoxy) is 1. The lowest BCUT2D eigenvalue weighted by molar-refractivity contribution is -0.387. The van der Waals surface area contributed by atoms with Crippen molar-refractivity contribution in [2.45, 2.75) is 51.0 Å². The van der Waals surface area contributed by atoms with Gasteiger partial charge in [0.1, 0.15) is 4.90 Å². The van der Waals surface area contributed by atoms with Crippen LogP contribution in [-0.2, 0) is 19.4 Å². The Morgan fingerprint density at radius 3 is 2.47 bits per heavy atom. The second-order valence-corrected chi connectivity index (χ2v) is 11.0. The van der Waals surface area contributed by atoms with Gasteiger partial charge in [0.05, 0.1) is 10.5 Å². The summed E-state index contributed by atoms with van der Waals surface area (Å²) in [6, 6.07) is 2.97. The summed E-state index contributed by atoms with van der Waals surface area (Å²) in [6.07, 6.45) is 3.91. The first-order chi connectivity index (χ1) is 13.8. The largest absolute Gasteiger partial charge is 0.452 e. The summed E-state index contributed by atoms with van der Waals surface area (Å²) in [5.74, 6) is -0.822. The highest BCUT2D eigenvalue weighted by Crippen LogP contribution is 2.65. The Labute approximate surface area is 175 Å². The molecule has 0 heterocycles. The molecule has 9 nitrogen and oxygen atoms in total. The van der Waals surface area contributed by atoms with Gasteiger partial charge in [-0.1, -0.05) is 20.8 Å². The summed E-state index contributed by atoms with van der Waals surface area (Å²) in [7, 11) is -3.84. The predicted molar refractivity (Wildman–Crippen MR) is 108 cm³/mol. The van der Waals surface area contributed by atoms with Crippen molar-refractivity contribution in [3.05, 3.63) is 33.9 Å². The Balaban J connectivity index is 1.64. The van der Waals surface area contributed by atoms with E-state index in [0.717, 1.165) is 43.7 Å². The third-order valence-electron chi connectivity index (χ3n) is 7.25. The van der Waals surface area contributed by atoms with Crippen LogP contribution in [0, 0.1) is 26.9 Å². The molecule has 30 heavy (non-hydrogen) atoms. The second-order valence-electron chi connectivity index (χ2n) is 9.02. The predicted octanol–water partition coefficient (Wildman–Crippen LogP) is 2.49. The minimum atomic E-state index is -3.84. The van der Waals surface area contributed by atoms with E-state index in [-0.39, 0.29) is 22.4 Å². The SMILES string of the molecule is CC1(C)[C@H]2CC[C@]1(C)[C@H](NC(=O)COC(=O)c1ccc(S(C)(=O)=O)c([N+](=O)[O-])c1)C2. The maximum absolute atomic E-state index is 12.3. The number of carbonyl (C=O) groups excluding carboxylic acids is 2. The van der Waals surface area contributed by atoms with Crippen molar-refractivity contribution < 1.29 is 27.7 Å². The molecule has 2 aliphatic carbocycles. The molecule has 0 radical (unpaired) electrons. The number of carbonyl (C=O) groups is 2. The molecule has 3 atom stereocenters. The Morgan fingerprint density at radius 2 is 1.97 bits per heavy atom. The van der Waals surface area contributed by atoms with Crippen molar-refractivity contribution in [1.29, 1.82) is 0 Å². The van der Waals surface area contributed by atoms with Gasteiger partial charge in [0.2, 0.25) is 0 Å². The fraction of sp³-hybridized carbons (Fsp3) is 0.600. The van der Waals surface area contributed by atoms with Crippen LogP contribution in [0.3, 0.4) is 0 Å². The zero-order chi connectivity index (χ0) is 22.5. The standard InChI is InChI=1S/C20H26N2O7S/c1-19(2)13-7-8-20(19,3)16(10-13)21-17(23)11-29-18(24)12-5-6-15(30(4,27)28)14(9-12)22(25)26/h5-6,9,13,16H,7-8,10-11H2,1-4H3,(H,21,23)/t13-,16+,20+/m0/s1. The van der Waals surface area contributed by atoms with Gasteiger partial charge in [0, 0.05) is 18.4 Å². The fourth-order valence-corrected chi connectivity index (χ4v) is 5.80. The van der Waals surface area contributed by atoms with Crippen molar-refractivity contribution >= 4 is 27.4 Å². The van der Waals surface area contributed by atoms with Crippen LogP contribution in [0.1, 0.15) is 50.4 Å². The highest BCUT2D eigenvalue weighted by molar-refractivity contribution is 7.90. The van der Waals surface area contributed by atoms with E-state index in [9.17, 15) is 28.1 Å². The van der Waals surface area contributed by atoms with Crippen molar-refractivity contribution in [2.75, 3.05) is 12.9 Å². The summed E-state index contributed by atoms with van der Waals surface area (Å²) in [5, 5.41) is 14.1. The molecule has 164 valence electrons. The van der Waals surface area contributed by atoms with Crippen LogP contribution in [0.5, 0.6) is 0 Å². The van der Waals surface area contributed by atoms with Crippen molar-refractivity contribution in [1.82, 2.24) is 5.32 Å². The zero-order valence-corrected chi connectivity index (χ0v) is 18.2. The molecule has 2 bridgehead atoms. The van der Waals surface area contributed by atoms with E-state index in [1.807, 2.05) is 0 Å². The van der Waals surface area contributed by atoms with Crippen LogP contribution in [0.4, 0.5) is 5.69 Å². The molecule has 0 aliphatic heterocycles. The molecule has 1 aromatic rings. The molecule has 2 aliphatic rings. The summed E-state index contributed by atoms with van der Waals surface area (Å²) >= 11 is 0. The quantitative estimate of drug-likeness (QED) is 0.410. The van der Waals surface area contributed by atoms with Gasteiger partial charge in [0.15, 0.2) is 16.4 Å². The van der Waals surface area contributed by atoms with Gasteiger partial charge in [-0.05, 0) is 48.1 Å². The van der Waals surface area contributed by atoms with E-state index >= 15 is 0 Å². The van der Waals surface area contributed by atoms with E-state index < -0.39 is 43.8 Å². The Bertz CT molecular complexity index is 1020. The van der Waals surface area contributed by atoms with Gasteiger partial charge in [-0.2, -0.15) is 0 Å². The van der Waals surface area contributed by atoms with Crippen LogP contribution in [0.2, 0.25) is 0 Å². The van der Waals surface area contributed by atoms with Gasteiger partial charge in [0.25, 0.3) is 11.6 Å². The number of fused-ring (bicyclic) bond motifs is 2. The molecule has 2 fully saturated rings. The molecule has 0 saturated heterocycles. The third kappa shape index (κ3) is 3.68. The maximum Gasteiger partial charge on any atom is 0.338 e. The number of rotatable bonds is 6. The molecule has 3 rings (SSSR count). The number of amides is 1. The van der Waals surface area contributed by atoms with Crippen LogP contribution >= 0.6 is 0 Å². The molecule has 10 heteroatoms. The number of benzene rings is 1. The number of hydrogen-bond acceptors (Lipinski definition) is 7. The molecule has 0 unspecified atom stereocenters. The van der Waals surface area contributed by atoms with E-state index in [4.69, 9.17) is 4.74 Å². The summed E-state index contributed by atoms with van der Waals surface area (Å²) in [5.41, 5.74) is -0.801. The Hall–Kier alpha value is -2.49. The zero-order valence-electron chi connectivity index (χ0n) is 17.4. The van der Waals surface area contributed by atoms with E-state index in [1.54, 1.807) is 0 Å². The second kappa shape index (κ2) is 7.33. The van der Waals surface area contributed by atoms with E-state index in [1.165, 1.54) is 0 Å². The maximum atomic E-state index is 12.3. The van der Waals surface area contributed by atoms with Crippen molar-refractivity contribution in [3.63, 3.8) is 0 Å². The van der Waals surface area contributed by atoms with Crippen molar-refractivity contribution in [2.24, 2.45) is 16.7 Å². The Morgan fingerprint density at radius 1 is 1.30 bits per heavy atom. The third-order valence-corrected chi connectivity index (χ3v) is 8.40. The minimum Gasteiger partial charge on any atom is -0.452 e. The average molecular weight is 439 g/mol. The molecule has 1 N–H and O–H groups in total. The van der Waals surface area contributed by atoms with Gasteiger partial charge < -0.3 is 10.1 Å². The number of sulfone groups is 1. The lowest BCUT2D eigenvalue weighted by Gasteiger charge is -2.39. The molecule has 2 saturated carbocycles. The molecule has 1 amide bonds. The van der Waals surface area contributed by atoms with Crippen LogP contribution < -0.4 is 5.32 Å². The number of nitrogens with one attached hydrogen (secondary N) is 1. The normalized spacial score (nSPS) is 26.9. The Kier molecular flexibility index (Phi) is 5.43. The van der Waals surface area contributed by atoms with Gasteiger partial charge in [-0.25, -0.2) is 13.2 Å². The van der Waals surface area contributed by atoms with Crippen LogP contribution in [0.25, 0.3) is 0 Å². The van der Waals surface area contributed by atoms with Crippen molar-refractivity contribution in [3.8, 4) is 0 Å². The smallest absolute Gasteiger partial charge is 0.338 e. The first kappa shape index (κ1) is 22.2. The average Bonchev–Trinajstić information content (AvgIpc) is 2.98. The first-order valence-electron chi connectivity index (χ1n) is 9.72. The number of nitrogens with zero attached hydrogens (tertiary/aromatic N) is 1. The fourth-order valence-electron chi connectivity index (χ4n) is 4.97. The number of esters is 1. The topological polar surface area (TPSA) is 133 Å². The van der Waals surface area contributed by atoms with E-state index in [2.05, 4.69) is 26.1 Å². The van der Waals surface area contributed by atoms with Gasteiger partial charge >= 0.3 is 5.97 Å². The molecule has 0 spiro atoms. The number of nitro groups is 1. The summed E-state index contributed by atoms with van der Waals surface area (Å²) in [6.45, 7) is 6.12. The molecule has 0 aromatic heterocycles. The minimum absolute atomic E-state index is 0.00702. The highest BCUT2D eigenvalue weighted by Gasteiger charge is 2.61. The monoisotopic (exact) mass is 438 g/mol. The van der Waals surface area contributed by atoms with E-state index in [0.29, 0.717) is 5.92 Å². The molecular formula is C20H26N2O7S. The van der Waals surface area contributed by atoms with Gasteiger partial charge in [-0.3, -0.25) is 14.9 Å². The number of hydrogen-bond donors (Lipinski definition) is 1. The summed E-state index contributed by atoms with van der Waals surface area (Å²) < 4.78 is 28.3. The summed E-state index contributed by atoms with van der Waals surface area (Å²) in [4.78, 5) is 34.4. The van der Waals surface area contributed by atoms with Crippen LogP contribution in [-0.4, -0.2) is 44.1 Å².